The lowest BCUT2D eigenvalue weighted by molar-refractivity contribution is -0.141. The molecular formula is C26H28F3N3O2. The van der Waals surface area contributed by atoms with Crippen molar-refractivity contribution < 1.29 is 22.7 Å². The lowest BCUT2D eigenvalue weighted by Gasteiger charge is -2.39. The van der Waals surface area contributed by atoms with Crippen molar-refractivity contribution in [3.8, 4) is 5.69 Å². The molecule has 4 rings (SSSR count). The van der Waals surface area contributed by atoms with Gasteiger partial charge in [-0.05, 0) is 50.5 Å². The molecule has 8 heteroatoms. The van der Waals surface area contributed by atoms with Gasteiger partial charge in [0.2, 0.25) is 5.91 Å². The first kappa shape index (κ1) is 24.0. The molecule has 1 aliphatic rings. The second-order valence-electron chi connectivity index (χ2n) is 8.83. The maximum absolute atomic E-state index is 13.8. The van der Waals surface area contributed by atoms with Crippen molar-refractivity contribution in [3.63, 3.8) is 0 Å². The number of nitrogens with zero attached hydrogens (tertiary/aromatic N) is 3. The highest BCUT2D eigenvalue weighted by Gasteiger charge is 2.44. The number of aromatic nitrogens is 2. The highest BCUT2D eigenvalue weighted by atomic mass is 19.4. The molecule has 1 aromatic heterocycles. The lowest BCUT2D eigenvalue weighted by atomic mass is 9.72. The van der Waals surface area contributed by atoms with Gasteiger partial charge in [0, 0.05) is 38.1 Å². The smallest absolute Gasteiger partial charge is 0.381 e. The van der Waals surface area contributed by atoms with Crippen LogP contribution in [0.1, 0.15) is 40.9 Å². The van der Waals surface area contributed by atoms with Gasteiger partial charge in [0.1, 0.15) is 0 Å². The van der Waals surface area contributed by atoms with E-state index < -0.39 is 17.2 Å². The molecule has 0 unspecified atom stereocenters. The predicted molar refractivity (Wildman–Crippen MR) is 123 cm³/mol. The van der Waals surface area contributed by atoms with Gasteiger partial charge in [-0.15, -0.1) is 0 Å². The Bertz CT molecular complexity index is 1170. The van der Waals surface area contributed by atoms with Crippen LogP contribution in [0, 0.1) is 13.8 Å². The first-order valence-electron chi connectivity index (χ1n) is 11.2. The van der Waals surface area contributed by atoms with Crippen molar-refractivity contribution in [2.24, 2.45) is 0 Å². The molecule has 1 amide bonds. The number of para-hydroxylation sites is 1. The molecule has 5 nitrogen and oxygen atoms in total. The van der Waals surface area contributed by atoms with Gasteiger partial charge < -0.3 is 9.64 Å². The zero-order valence-electron chi connectivity index (χ0n) is 19.5. The molecule has 0 bridgehead atoms. The minimum Gasteiger partial charge on any atom is -0.381 e. The zero-order valence-corrected chi connectivity index (χ0v) is 19.5. The number of carbonyl (C=O) groups excluding carboxylic acids is 1. The molecule has 3 aromatic rings. The largest absolute Gasteiger partial charge is 0.416 e. The van der Waals surface area contributed by atoms with Crippen LogP contribution in [0.15, 0.2) is 54.6 Å². The van der Waals surface area contributed by atoms with E-state index in [-0.39, 0.29) is 5.91 Å². The maximum atomic E-state index is 13.8. The number of alkyl halides is 3. The van der Waals surface area contributed by atoms with E-state index in [0.29, 0.717) is 38.2 Å². The fourth-order valence-corrected chi connectivity index (χ4v) is 4.74. The molecule has 2 heterocycles. The molecule has 0 radical (unpaired) electrons. The number of ether oxygens (including phenoxy) is 1. The van der Waals surface area contributed by atoms with Crippen molar-refractivity contribution >= 4 is 5.91 Å². The number of rotatable bonds is 5. The minimum absolute atomic E-state index is 0.207. The van der Waals surface area contributed by atoms with Crippen molar-refractivity contribution in [1.29, 1.82) is 0 Å². The van der Waals surface area contributed by atoms with Gasteiger partial charge in [0.25, 0.3) is 0 Å². The van der Waals surface area contributed by atoms with Crippen LogP contribution in [0.25, 0.3) is 5.69 Å². The summed E-state index contributed by atoms with van der Waals surface area (Å²) in [5, 5.41) is 4.65. The molecule has 1 saturated heterocycles. The van der Waals surface area contributed by atoms with Gasteiger partial charge >= 0.3 is 6.18 Å². The van der Waals surface area contributed by atoms with Gasteiger partial charge in [0.05, 0.1) is 22.4 Å². The second kappa shape index (κ2) is 9.25. The molecule has 180 valence electrons. The van der Waals surface area contributed by atoms with Gasteiger partial charge in [-0.1, -0.05) is 36.4 Å². The van der Waals surface area contributed by atoms with E-state index in [1.54, 1.807) is 18.0 Å². The van der Waals surface area contributed by atoms with Crippen LogP contribution in [-0.2, 0) is 27.7 Å². The molecule has 0 aliphatic carbocycles. The molecule has 0 N–H and O–H groups in total. The molecule has 0 saturated carbocycles. The van der Waals surface area contributed by atoms with Crippen LogP contribution in [0.2, 0.25) is 0 Å². The van der Waals surface area contributed by atoms with E-state index >= 15 is 0 Å². The number of amides is 1. The third-order valence-electron chi connectivity index (χ3n) is 6.68. The first-order chi connectivity index (χ1) is 16.1. The van der Waals surface area contributed by atoms with E-state index in [0.717, 1.165) is 34.8 Å². The van der Waals surface area contributed by atoms with Crippen LogP contribution in [0.5, 0.6) is 0 Å². The Hall–Kier alpha value is -3.13. The van der Waals surface area contributed by atoms with E-state index in [4.69, 9.17) is 4.74 Å². The zero-order chi connectivity index (χ0) is 24.5. The summed E-state index contributed by atoms with van der Waals surface area (Å²) in [5.41, 5.74) is 2.15. The van der Waals surface area contributed by atoms with Crippen LogP contribution in [-0.4, -0.2) is 40.8 Å². The standard InChI is InChI=1S/C26H28F3N3O2/c1-18-23(19(2)32(30-18)22-10-5-4-6-11-22)17-31(3)24(33)25(12-14-34-15-13-25)20-8-7-9-21(16-20)26(27,28)29/h4-11,16H,12-15,17H2,1-3H3. The Morgan fingerprint density at radius 1 is 1.09 bits per heavy atom. The topological polar surface area (TPSA) is 47.4 Å². The molecular weight excluding hydrogens is 443 g/mol. The molecule has 1 fully saturated rings. The Balaban J connectivity index is 1.66. The summed E-state index contributed by atoms with van der Waals surface area (Å²) in [6.07, 6.45) is -3.81. The second-order valence-corrected chi connectivity index (χ2v) is 8.83. The molecule has 34 heavy (non-hydrogen) atoms. The average molecular weight is 472 g/mol. The summed E-state index contributed by atoms with van der Waals surface area (Å²) in [7, 11) is 1.70. The number of hydrogen-bond donors (Lipinski definition) is 0. The summed E-state index contributed by atoms with van der Waals surface area (Å²) in [4.78, 5) is 15.5. The number of benzene rings is 2. The normalized spacial score (nSPS) is 15.8. The molecule has 2 aromatic carbocycles. The monoisotopic (exact) mass is 471 g/mol. The van der Waals surface area contributed by atoms with Crippen molar-refractivity contribution in [1.82, 2.24) is 14.7 Å². The van der Waals surface area contributed by atoms with E-state index in [9.17, 15) is 18.0 Å². The van der Waals surface area contributed by atoms with Crippen molar-refractivity contribution in [2.75, 3.05) is 20.3 Å². The van der Waals surface area contributed by atoms with Crippen LogP contribution in [0.4, 0.5) is 13.2 Å². The number of aryl methyl sites for hydroxylation is 1. The summed E-state index contributed by atoms with van der Waals surface area (Å²) in [6, 6.07) is 14.9. The Morgan fingerprint density at radius 2 is 1.76 bits per heavy atom. The van der Waals surface area contributed by atoms with E-state index in [1.165, 1.54) is 6.07 Å². The Morgan fingerprint density at radius 3 is 2.41 bits per heavy atom. The number of carbonyl (C=O) groups is 1. The van der Waals surface area contributed by atoms with Gasteiger partial charge in [0.15, 0.2) is 0 Å². The average Bonchev–Trinajstić information content (AvgIpc) is 3.12. The molecule has 0 spiro atoms. The number of likely N-dealkylation sites (N-methyl/N-ethyl adjacent to an activating group) is 1. The summed E-state index contributed by atoms with van der Waals surface area (Å²) in [6.45, 7) is 4.80. The van der Waals surface area contributed by atoms with Crippen molar-refractivity contribution in [3.05, 3.63) is 82.7 Å². The fraction of sp³-hybridized carbons (Fsp3) is 0.385. The third kappa shape index (κ3) is 4.46. The van der Waals surface area contributed by atoms with Crippen molar-refractivity contribution in [2.45, 2.75) is 44.8 Å². The highest BCUT2D eigenvalue weighted by Crippen LogP contribution is 2.40. The summed E-state index contributed by atoms with van der Waals surface area (Å²) >= 11 is 0. The third-order valence-corrected chi connectivity index (χ3v) is 6.68. The SMILES string of the molecule is Cc1nn(-c2ccccc2)c(C)c1CN(C)C(=O)C1(c2cccc(C(F)(F)F)c2)CCOCC1. The van der Waals surface area contributed by atoms with Crippen LogP contribution in [0.3, 0.4) is 0 Å². The number of hydrogen-bond acceptors (Lipinski definition) is 3. The minimum atomic E-state index is -4.47. The van der Waals surface area contributed by atoms with E-state index in [1.807, 2.05) is 48.9 Å². The first-order valence-corrected chi connectivity index (χ1v) is 11.2. The fourth-order valence-electron chi connectivity index (χ4n) is 4.74. The van der Waals surface area contributed by atoms with Gasteiger partial charge in [-0.25, -0.2) is 4.68 Å². The predicted octanol–water partition coefficient (Wildman–Crippen LogP) is 5.21. The van der Waals surface area contributed by atoms with Gasteiger partial charge in [-0.3, -0.25) is 4.79 Å². The highest BCUT2D eigenvalue weighted by molar-refractivity contribution is 5.88. The molecule has 1 aliphatic heterocycles. The van der Waals surface area contributed by atoms with Crippen LogP contribution < -0.4 is 0 Å². The summed E-state index contributed by atoms with van der Waals surface area (Å²) in [5.74, 6) is -0.207. The maximum Gasteiger partial charge on any atom is 0.416 e. The Labute approximate surface area is 197 Å². The lowest BCUT2D eigenvalue weighted by Crippen LogP contribution is -2.48. The Kier molecular flexibility index (Phi) is 6.53. The molecule has 0 atom stereocenters. The quantitative estimate of drug-likeness (QED) is 0.513. The van der Waals surface area contributed by atoms with E-state index in [2.05, 4.69) is 5.10 Å². The van der Waals surface area contributed by atoms with Gasteiger partial charge in [-0.2, -0.15) is 18.3 Å². The van der Waals surface area contributed by atoms with Crippen LogP contribution >= 0.6 is 0 Å². The summed E-state index contributed by atoms with van der Waals surface area (Å²) < 4.78 is 47.5. The number of halogens is 3.